The Hall–Kier alpha value is -1.94. The zero-order valence-corrected chi connectivity index (χ0v) is 54.6. The largest absolute Gasteiger partial charge is 0.472 e. The highest BCUT2D eigenvalue weighted by Crippen LogP contribution is 2.45. The molecule has 6 atom stereocenters. The van der Waals surface area contributed by atoms with Crippen molar-refractivity contribution in [3.8, 4) is 0 Å². The fourth-order valence-electron chi connectivity index (χ4n) is 9.32. The molecule has 0 spiro atoms. The fraction of sp³-hybridized carbons (Fsp3) is 0.937. The number of carbonyl (C=O) groups excluding carboxylic acids is 4. The van der Waals surface area contributed by atoms with Gasteiger partial charge in [0.2, 0.25) is 0 Å². The Kier molecular flexibility index (Phi) is 54.3. The molecule has 486 valence electrons. The molecule has 0 saturated heterocycles. The van der Waals surface area contributed by atoms with E-state index in [9.17, 15) is 43.2 Å². The van der Waals surface area contributed by atoms with Crippen LogP contribution in [0.25, 0.3) is 0 Å². The van der Waals surface area contributed by atoms with Crippen molar-refractivity contribution in [1.82, 2.24) is 0 Å². The molecule has 0 bridgehead atoms. The Morgan fingerprint density at radius 3 is 0.927 bits per heavy atom. The van der Waals surface area contributed by atoms with Crippen molar-refractivity contribution >= 4 is 39.5 Å². The molecule has 19 heteroatoms. The maximum Gasteiger partial charge on any atom is 0.472 e. The summed E-state index contributed by atoms with van der Waals surface area (Å²) in [6, 6.07) is 0. The van der Waals surface area contributed by atoms with E-state index in [1.54, 1.807) is 0 Å². The molecule has 0 radical (unpaired) electrons. The van der Waals surface area contributed by atoms with Crippen molar-refractivity contribution < 1.29 is 80.2 Å². The summed E-state index contributed by atoms with van der Waals surface area (Å²) in [5.41, 5.74) is 0. The van der Waals surface area contributed by atoms with Crippen molar-refractivity contribution in [2.45, 2.75) is 330 Å². The second-order valence-corrected chi connectivity index (χ2v) is 26.4. The van der Waals surface area contributed by atoms with Crippen molar-refractivity contribution in [2.24, 2.45) is 11.8 Å². The van der Waals surface area contributed by atoms with Gasteiger partial charge in [-0.05, 0) is 37.5 Å². The highest BCUT2D eigenvalue weighted by atomic mass is 31.2. The molecular formula is C63H122O17P2. The van der Waals surface area contributed by atoms with Crippen molar-refractivity contribution in [1.29, 1.82) is 0 Å². The summed E-state index contributed by atoms with van der Waals surface area (Å²) in [6.07, 6.45) is 37.9. The van der Waals surface area contributed by atoms with Crippen LogP contribution in [0, 0.1) is 11.8 Å². The van der Waals surface area contributed by atoms with Crippen molar-refractivity contribution in [3.05, 3.63) is 0 Å². The minimum atomic E-state index is -4.94. The molecule has 0 aliphatic heterocycles. The molecular weight excluding hydrogens is 1090 g/mol. The maximum absolute atomic E-state index is 13.0. The van der Waals surface area contributed by atoms with E-state index in [-0.39, 0.29) is 25.7 Å². The third kappa shape index (κ3) is 55.9. The molecule has 0 aromatic carbocycles. The van der Waals surface area contributed by atoms with Gasteiger partial charge in [-0.25, -0.2) is 9.13 Å². The molecule has 0 aromatic rings. The average Bonchev–Trinajstić information content (AvgIpc) is 3.46. The summed E-state index contributed by atoms with van der Waals surface area (Å²) in [4.78, 5) is 71.9. The predicted octanol–water partition coefficient (Wildman–Crippen LogP) is 17.3. The van der Waals surface area contributed by atoms with Gasteiger partial charge >= 0.3 is 39.5 Å². The van der Waals surface area contributed by atoms with Crippen LogP contribution in [0.3, 0.4) is 0 Å². The van der Waals surface area contributed by atoms with Crippen molar-refractivity contribution in [3.63, 3.8) is 0 Å². The van der Waals surface area contributed by atoms with Crippen LogP contribution in [0.15, 0.2) is 0 Å². The first kappa shape index (κ1) is 80.1. The molecule has 17 nitrogen and oxygen atoms in total. The van der Waals surface area contributed by atoms with Gasteiger partial charge in [-0.2, -0.15) is 0 Å². The van der Waals surface area contributed by atoms with Crippen molar-refractivity contribution in [2.75, 3.05) is 39.6 Å². The van der Waals surface area contributed by atoms with Crippen LogP contribution >= 0.6 is 15.6 Å². The maximum atomic E-state index is 13.0. The van der Waals surface area contributed by atoms with Crippen LogP contribution in [0.5, 0.6) is 0 Å². The van der Waals surface area contributed by atoms with E-state index in [4.69, 9.17) is 37.0 Å². The number of aliphatic hydroxyl groups excluding tert-OH is 1. The monoisotopic (exact) mass is 1210 g/mol. The lowest BCUT2D eigenvalue weighted by molar-refractivity contribution is -0.161. The van der Waals surface area contributed by atoms with Gasteiger partial charge in [0.15, 0.2) is 12.2 Å². The van der Waals surface area contributed by atoms with Crippen LogP contribution in [0.1, 0.15) is 311 Å². The molecule has 0 amide bonds. The number of hydrogen-bond donors (Lipinski definition) is 3. The number of esters is 4. The molecule has 0 aromatic heterocycles. The van der Waals surface area contributed by atoms with Gasteiger partial charge in [0, 0.05) is 25.7 Å². The minimum absolute atomic E-state index is 0.103. The number of rotatable bonds is 62. The third-order valence-corrected chi connectivity index (χ3v) is 16.7. The van der Waals surface area contributed by atoms with Crippen LogP contribution in [-0.4, -0.2) is 96.7 Å². The third-order valence-electron chi connectivity index (χ3n) is 14.8. The molecule has 0 saturated carbocycles. The number of ether oxygens (including phenoxy) is 4. The molecule has 0 aliphatic carbocycles. The second-order valence-electron chi connectivity index (χ2n) is 23.5. The zero-order chi connectivity index (χ0) is 60.8. The lowest BCUT2D eigenvalue weighted by atomic mass is 10.00. The molecule has 3 unspecified atom stereocenters. The van der Waals surface area contributed by atoms with Gasteiger partial charge in [-0.15, -0.1) is 0 Å². The Bertz CT molecular complexity index is 1620. The smallest absolute Gasteiger partial charge is 0.462 e. The summed E-state index contributed by atoms with van der Waals surface area (Å²) in [5.74, 6) is -0.612. The van der Waals surface area contributed by atoms with Gasteiger partial charge in [0.05, 0.1) is 26.4 Å². The van der Waals surface area contributed by atoms with Gasteiger partial charge in [0.25, 0.3) is 0 Å². The van der Waals surface area contributed by atoms with Gasteiger partial charge in [-0.3, -0.25) is 37.3 Å². The van der Waals surface area contributed by atoms with Gasteiger partial charge < -0.3 is 33.8 Å². The Labute approximate surface area is 498 Å². The zero-order valence-electron chi connectivity index (χ0n) is 52.8. The topological polar surface area (TPSA) is 237 Å². The summed E-state index contributed by atoms with van der Waals surface area (Å²) >= 11 is 0. The molecule has 3 N–H and O–H groups in total. The van der Waals surface area contributed by atoms with Crippen LogP contribution in [-0.2, 0) is 65.4 Å². The van der Waals surface area contributed by atoms with Gasteiger partial charge in [0.1, 0.15) is 19.3 Å². The molecule has 82 heavy (non-hydrogen) atoms. The van der Waals surface area contributed by atoms with E-state index in [1.807, 2.05) is 0 Å². The van der Waals surface area contributed by atoms with Crippen LogP contribution in [0.4, 0.5) is 0 Å². The number of carbonyl (C=O) groups is 4. The van der Waals surface area contributed by atoms with E-state index in [0.717, 1.165) is 134 Å². The minimum Gasteiger partial charge on any atom is -0.462 e. The van der Waals surface area contributed by atoms with E-state index in [1.165, 1.54) is 96.3 Å². The second kappa shape index (κ2) is 55.6. The first-order chi connectivity index (χ1) is 39.4. The molecule has 0 fully saturated rings. The molecule has 0 heterocycles. The lowest BCUT2D eigenvalue weighted by Crippen LogP contribution is -2.30. The average molecular weight is 1210 g/mol. The summed E-state index contributed by atoms with van der Waals surface area (Å²) in [6.45, 7) is 9.39. The number of phosphoric ester groups is 2. The lowest BCUT2D eigenvalue weighted by Gasteiger charge is -2.21. The quantitative estimate of drug-likeness (QED) is 0.0222. The fourth-order valence-corrected chi connectivity index (χ4v) is 10.9. The summed E-state index contributed by atoms with van der Waals surface area (Å²) in [5, 5.41) is 10.5. The predicted molar refractivity (Wildman–Crippen MR) is 326 cm³/mol. The van der Waals surface area contributed by atoms with E-state index in [2.05, 4.69) is 41.5 Å². The standard InChI is InChI=1S/C63H122O17P2/c1-7-10-12-14-25-33-39-45-60(65)73-51-58(79-62(67)47-41-35-26-15-13-11-8-2)53-77-81(69,70)75-49-57(64)50-76-82(71,72)78-54-59(52-74-61(66)46-40-34-30-29-32-38-44-56(6)9-3)80-63(68)48-42-36-28-24-22-20-18-16-17-19-21-23-27-31-37-43-55(4)5/h55-59,64H,7-54H2,1-6H3,(H,69,70)(H,71,72)/t56?,57-,58+,59+/m0/s1. The van der Waals surface area contributed by atoms with Crippen LogP contribution in [0.2, 0.25) is 0 Å². The highest BCUT2D eigenvalue weighted by molar-refractivity contribution is 7.47. The summed E-state index contributed by atoms with van der Waals surface area (Å²) in [7, 11) is -9.87. The molecule has 0 rings (SSSR count). The Morgan fingerprint density at radius 1 is 0.354 bits per heavy atom. The summed E-state index contributed by atoms with van der Waals surface area (Å²) < 4.78 is 67.7. The van der Waals surface area contributed by atoms with Crippen LogP contribution < -0.4 is 0 Å². The van der Waals surface area contributed by atoms with E-state index >= 15 is 0 Å². The highest BCUT2D eigenvalue weighted by Gasteiger charge is 2.30. The number of unbranched alkanes of at least 4 members (excludes halogenated alkanes) is 31. The van der Waals surface area contributed by atoms with E-state index in [0.29, 0.717) is 25.7 Å². The SMILES string of the molecule is CCCCCCCCCC(=O)OC[C@H](COP(=O)(O)OC[C@H](O)COP(=O)(O)OC[C@@H](COC(=O)CCCCCCCCC(C)CC)OC(=O)CCCCCCCCCCCCCCCCCC(C)C)OC(=O)CCCCCCCCC. The number of phosphoric acid groups is 2. The first-order valence-electron chi connectivity index (χ1n) is 33.0. The normalized spacial score (nSPS) is 14.7. The molecule has 0 aliphatic rings. The van der Waals surface area contributed by atoms with E-state index < -0.39 is 97.5 Å². The Morgan fingerprint density at radius 2 is 0.622 bits per heavy atom. The van der Waals surface area contributed by atoms with Gasteiger partial charge in [-0.1, -0.05) is 260 Å². The number of hydrogen-bond acceptors (Lipinski definition) is 15. The first-order valence-corrected chi connectivity index (χ1v) is 36.0. The number of aliphatic hydroxyl groups is 1. The Balaban J connectivity index is 5.14.